The minimum Gasteiger partial charge on any atom is -0.486 e. The van der Waals surface area contributed by atoms with Gasteiger partial charge in [-0.2, -0.15) is 0 Å². The van der Waals surface area contributed by atoms with Gasteiger partial charge in [-0.1, -0.05) is 29.3 Å². The van der Waals surface area contributed by atoms with Crippen LogP contribution in [0.1, 0.15) is 10.4 Å². The number of ketones is 1. The number of ether oxygens (including phenoxy) is 1. The van der Waals surface area contributed by atoms with Crippen molar-refractivity contribution in [1.82, 2.24) is 0 Å². The third kappa shape index (κ3) is 2.29. The lowest BCUT2D eigenvalue weighted by atomic mass is 10.1. The molecule has 0 bridgehead atoms. The van der Waals surface area contributed by atoms with E-state index in [0.717, 1.165) is 0 Å². The SMILES string of the molecule is O=C(c1ccc(Cl)cc1Cl)C1C=CC=CO1. The standard InChI is InChI=1S/C12H8Cl2O2/c13-8-4-5-9(10(14)7-8)12(15)11-3-1-2-6-16-11/h1-7,11H. The first-order chi connectivity index (χ1) is 7.68. The zero-order valence-electron chi connectivity index (χ0n) is 8.19. The molecule has 4 heteroatoms. The Bertz CT molecular complexity index is 478. The van der Waals surface area contributed by atoms with Crippen LogP contribution in [0.3, 0.4) is 0 Å². The second-order valence-electron chi connectivity index (χ2n) is 3.26. The van der Waals surface area contributed by atoms with Crippen LogP contribution in [0.5, 0.6) is 0 Å². The fourth-order valence-corrected chi connectivity index (χ4v) is 1.88. The number of allylic oxidation sites excluding steroid dienone is 2. The summed E-state index contributed by atoms with van der Waals surface area (Å²) in [6.45, 7) is 0. The van der Waals surface area contributed by atoms with Gasteiger partial charge in [0.15, 0.2) is 6.10 Å². The number of carbonyl (C=O) groups is 1. The maximum absolute atomic E-state index is 12.0. The highest BCUT2D eigenvalue weighted by Gasteiger charge is 2.21. The summed E-state index contributed by atoms with van der Waals surface area (Å²) < 4.78 is 5.17. The Kier molecular flexibility index (Phi) is 3.32. The molecule has 0 saturated carbocycles. The average molecular weight is 255 g/mol. The molecule has 0 spiro atoms. The van der Waals surface area contributed by atoms with Gasteiger partial charge in [-0.15, -0.1) is 0 Å². The normalized spacial score (nSPS) is 18.2. The molecule has 1 heterocycles. The van der Waals surface area contributed by atoms with Crippen LogP contribution in [0.15, 0.2) is 42.7 Å². The van der Waals surface area contributed by atoms with E-state index >= 15 is 0 Å². The molecule has 2 rings (SSSR count). The molecule has 0 radical (unpaired) electrons. The van der Waals surface area contributed by atoms with Crippen LogP contribution in [0.4, 0.5) is 0 Å². The molecule has 0 amide bonds. The van der Waals surface area contributed by atoms with Crippen LogP contribution in [-0.2, 0) is 4.74 Å². The zero-order valence-corrected chi connectivity index (χ0v) is 9.70. The fourth-order valence-electron chi connectivity index (χ4n) is 1.38. The average Bonchev–Trinajstić information content (AvgIpc) is 2.29. The Morgan fingerprint density at radius 2 is 2.06 bits per heavy atom. The second kappa shape index (κ2) is 4.73. The highest BCUT2D eigenvalue weighted by atomic mass is 35.5. The molecule has 82 valence electrons. The van der Waals surface area contributed by atoms with Crippen LogP contribution in [0.25, 0.3) is 0 Å². The van der Waals surface area contributed by atoms with Gasteiger partial charge < -0.3 is 4.74 Å². The first-order valence-corrected chi connectivity index (χ1v) is 5.42. The lowest BCUT2D eigenvalue weighted by Crippen LogP contribution is -2.21. The monoisotopic (exact) mass is 254 g/mol. The number of carbonyl (C=O) groups excluding carboxylic acids is 1. The van der Waals surface area contributed by atoms with Gasteiger partial charge >= 0.3 is 0 Å². The number of rotatable bonds is 2. The maximum Gasteiger partial charge on any atom is 0.208 e. The Labute approximate surface area is 103 Å². The Morgan fingerprint density at radius 1 is 1.25 bits per heavy atom. The number of halogens is 2. The van der Waals surface area contributed by atoms with Crippen molar-refractivity contribution in [3.63, 3.8) is 0 Å². The molecule has 0 fully saturated rings. The largest absolute Gasteiger partial charge is 0.486 e. The molecular weight excluding hydrogens is 247 g/mol. The van der Waals surface area contributed by atoms with Crippen LogP contribution in [0.2, 0.25) is 10.0 Å². The first kappa shape index (κ1) is 11.2. The minimum atomic E-state index is -0.608. The predicted octanol–water partition coefficient (Wildman–Crippen LogP) is 3.64. The van der Waals surface area contributed by atoms with E-state index in [9.17, 15) is 4.79 Å². The van der Waals surface area contributed by atoms with Gasteiger partial charge in [-0.3, -0.25) is 4.79 Å². The molecule has 1 aromatic rings. The molecule has 1 aromatic carbocycles. The Balaban J connectivity index is 2.27. The number of hydrogen-bond donors (Lipinski definition) is 0. The second-order valence-corrected chi connectivity index (χ2v) is 4.10. The minimum absolute atomic E-state index is 0.178. The van der Waals surface area contributed by atoms with E-state index in [1.807, 2.05) is 0 Å². The highest BCUT2D eigenvalue weighted by Crippen LogP contribution is 2.23. The van der Waals surface area contributed by atoms with E-state index < -0.39 is 6.10 Å². The molecule has 0 aromatic heterocycles. The molecule has 2 nitrogen and oxygen atoms in total. The van der Waals surface area contributed by atoms with Crippen molar-refractivity contribution < 1.29 is 9.53 Å². The molecule has 1 atom stereocenters. The van der Waals surface area contributed by atoms with Gasteiger partial charge in [0.05, 0.1) is 11.3 Å². The summed E-state index contributed by atoms with van der Waals surface area (Å²) in [5, 5.41) is 0.839. The van der Waals surface area contributed by atoms with E-state index in [1.54, 1.807) is 36.4 Å². The van der Waals surface area contributed by atoms with Crippen molar-refractivity contribution in [3.8, 4) is 0 Å². The molecule has 16 heavy (non-hydrogen) atoms. The molecule has 1 aliphatic rings. The summed E-state index contributed by atoms with van der Waals surface area (Å²) >= 11 is 11.7. The van der Waals surface area contributed by atoms with Crippen molar-refractivity contribution >= 4 is 29.0 Å². The van der Waals surface area contributed by atoms with Gasteiger partial charge in [-0.25, -0.2) is 0 Å². The van der Waals surface area contributed by atoms with E-state index in [-0.39, 0.29) is 5.78 Å². The molecular formula is C12H8Cl2O2. The van der Waals surface area contributed by atoms with Crippen molar-refractivity contribution in [2.45, 2.75) is 6.10 Å². The molecule has 1 unspecified atom stereocenters. The number of Topliss-reactive ketones (excluding diaryl/α,β-unsaturated/α-hetero) is 1. The van der Waals surface area contributed by atoms with Crippen LogP contribution < -0.4 is 0 Å². The Hall–Kier alpha value is -1.25. The summed E-state index contributed by atoms with van der Waals surface area (Å²) in [6, 6.07) is 4.77. The third-order valence-electron chi connectivity index (χ3n) is 2.16. The van der Waals surface area contributed by atoms with Gasteiger partial charge in [-0.05, 0) is 30.4 Å². The van der Waals surface area contributed by atoms with Crippen LogP contribution in [0, 0.1) is 0 Å². The first-order valence-electron chi connectivity index (χ1n) is 4.66. The summed E-state index contributed by atoms with van der Waals surface area (Å²) in [7, 11) is 0. The molecule has 0 aliphatic carbocycles. The molecule has 0 saturated heterocycles. The van der Waals surface area contributed by atoms with Crippen molar-refractivity contribution in [2.24, 2.45) is 0 Å². The number of benzene rings is 1. The van der Waals surface area contributed by atoms with E-state index in [1.165, 1.54) is 6.26 Å². The van der Waals surface area contributed by atoms with Crippen molar-refractivity contribution in [1.29, 1.82) is 0 Å². The lowest BCUT2D eigenvalue weighted by molar-refractivity contribution is 0.0785. The van der Waals surface area contributed by atoms with E-state index in [4.69, 9.17) is 27.9 Å². The topological polar surface area (TPSA) is 26.3 Å². The molecule has 1 aliphatic heterocycles. The number of hydrogen-bond acceptors (Lipinski definition) is 2. The summed E-state index contributed by atoms with van der Waals surface area (Å²) in [5.41, 5.74) is 0.413. The smallest absolute Gasteiger partial charge is 0.208 e. The predicted molar refractivity (Wildman–Crippen MR) is 63.9 cm³/mol. The summed E-state index contributed by atoms with van der Waals surface area (Å²) in [4.78, 5) is 12.0. The van der Waals surface area contributed by atoms with Gasteiger partial charge in [0.1, 0.15) is 0 Å². The van der Waals surface area contributed by atoms with Gasteiger partial charge in [0, 0.05) is 10.6 Å². The van der Waals surface area contributed by atoms with Gasteiger partial charge in [0.2, 0.25) is 5.78 Å². The van der Waals surface area contributed by atoms with E-state index in [0.29, 0.717) is 15.6 Å². The summed E-state index contributed by atoms with van der Waals surface area (Å²) in [6.07, 6.45) is 6.02. The quantitative estimate of drug-likeness (QED) is 0.754. The maximum atomic E-state index is 12.0. The van der Waals surface area contributed by atoms with E-state index in [2.05, 4.69) is 0 Å². The molecule has 0 N–H and O–H groups in total. The van der Waals surface area contributed by atoms with Gasteiger partial charge in [0.25, 0.3) is 0 Å². The Morgan fingerprint density at radius 3 is 2.69 bits per heavy atom. The fraction of sp³-hybridized carbons (Fsp3) is 0.0833. The van der Waals surface area contributed by atoms with Crippen LogP contribution in [-0.4, -0.2) is 11.9 Å². The zero-order chi connectivity index (χ0) is 11.5. The van der Waals surface area contributed by atoms with Crippen molar-refractivity contribution in [2.75, 3.05) is 0 Å². The third-order valence-corrected chi connectivity index (χ3v) is 2.70. The highest BCUT2D eigenvalue weighted by molar-refractivity contribution is 6.37. The summed E-state index contributed by atoms with van der Waals surface area (Å²) in [5.74, 6) is -0.178. The van der Waals surface area contributed by atoms with Crippen LogP contribution >= 0.6 is 23.2 Å². The lowest BCUT2D eigenvalue weighted by Gasteiger charge is -2.14. The van der Waals surface area contributed by atoms with Crippen molar-refractivity contribution in [3.05, 3.63) is 58.3 Å².